The highest BCUT2D eigenvalue weighted by atomic mass is 15.2. The van der Waals surface area contributed by atoms with Gasteiger partial charge in [-0.1, -0.05) is 33.8 Å². The fourth-order valence-electron chi connectivity index (χ4n) is 2.92. The van der Waals surface area contributed by atoms with E-state index in [-0.39, 0.29) is 0 Å². The van der Waals surface area contributed by atoms with Crippen LogP contribution in [-0.4, -0.2) is 17.5 Å². The summed E-state index contributed by atoms with van der Waals surface area (Å²) in [6.45, 7) is 10.5. The first-order valence-electron chi connectivity index (χ1n) is 6.24. The zero-order valence-corrected chi connectivity index (χ0v) is 10.5. The lowest BCUT2D eigenvalue weighted by molar-refractivity contribution is 0.0187. The van der Waals surface area contributed by atoms with Gasteiger partial charge in [-0.15, -0.1) is 0 Å². The summed E-state index contributed by atoms with van der Waals surface area (Å²) in [5.74, 6) is 0.764. The number of hydrogen-bond acceptors (Lipinski definition) is 1. The first kappa shape index (κ1) is 10.8. The van der Waals surface area contributed by atoms with E-state index in [9.17, 15) is 0 Å². The van der Waals surface area contributed by atoms with Gasteiger partial charge in [-0.05, 0) is 36.6 Å². The molecule has 0 aromatic carbocycles. The van der Waals surface area contributed by atoms with Crippen LogP contribution in [0.3, 0.4) is 0 Å². The maximum atomic E-state index is 2.50. The van der Waals surface area contributed by atoms with E-state index in [2.05, 4.69) is 50.9 Å². The molecule has 0 spiro atoms. The van der Waals surface area contributed by atoms with Gasteiger partial charge in [0, 0.05) is 12.0 Å². The highest BCUT2D eigenvalue weighted by molar-refractivity contribution is 5.32. The fourth-order valence-corrected chi connectivity index (χ4v) is 2.92. The second kappa shape index (κ2) is 3.70. The first-order chi connectivity index (χ1) is 7.08. The van der Waals surface area contributed by atoms with Crippen LogP contribution in [0.2, 0.25) is 0 Å². The van der Waals surface area contributed by atoms with Crippen molar-refractivity contribution in [3.8, 4) is 0 Å². The summed E-state index contributed by atoms with van der Waals surface area (Å²) in [5, 5.41) is 0. The topological polar surface area (TPSA) is 3.24 Å². The number of allylic oxidation sites excluding steroid dienone is 2. The molecule has 0 amide bonds. The van der Waals surface area contributed by atoms with E-state index in [1.807, 2.05) is 0 Å². The van der Waals surface area contributed by atoms with Gasteiger partial charge in [0.1, 0.15) is 0 Å². The van der Waals surface area contributed by atoms with E-state index in [1.54, 1.807) is 5.57 Å². The quantitative estimate of drug-likeness (QED) is 0.680. The Hall–Kier alpha value is -0.720. The monoisotopic (exact) mass is 205 g/mol. The Morgan fingerprint density at radius 1 is 1.40 bits per heavy atom. The van der Waals surface area contributed by atoms with Crippen LogP contribution in [-0.2, 0) is 0 Å². The molecule has 2 heterocycles. The molecule has 0 radical (unpaired) electrons. The molecule has 0 N–H and O–H groups in total. The predicted molar refractivity (Wildman–Crippen MR) is 65.6 cm³/mol. The van der Waals surface area contributed by atoms with Crippen LogP contribution >= 0.6 is 0 Å². The van der Waals surface area contributed by atoms with Crippen molar-refractivity contribution >= 4 is 0 Å². The van der Waals surface area contributed by atoms with Crippen LogP contribution in [0.5, 0.6) is 0 Å². The van der Waals surface area contributed by atoms with Crippen molar-refractivity contribution in [1.29, 1.82) is 0 Å². The van der Waals surface area contributed by atoms with Gasteiger partial charge in [-0.25, -0.2) is 0 Å². The third-order valence-corrected chi connectivity index (χ3v) is 4.01. The Balaban J connectivity index is 2.15. The average molecular weight is 205 g/mol. The summed E-state index contributed by atoms with van der Waals surface area (Å²) in [4.78, 5) is 2.45. The Labute approximate surface area is 93.9 Å². The smallest absolute Gasteiger partial charge is 0.0541 e. The molecule has 15 heavy (non-hydrogen) atoms. The minimum atomic E-state index is 0.474. The molecule has 0 bridgehead atoms. The molecular weight excluding hydrogens is 182 g/mol. The Morgan fingerprint density at radius 3 is 2.60 bits per heavy atom. The molecule has 1 saturated heterocycles. The lowest BCUT2D eigenvalue weighted by Crippen LogP contribution is -2.59. The van der Waals surface area contributed by atoms with Gasteiger partial charge in [0.15, 0.2) is 0 Å². The van der Waals surface area contributed by atoms with Crippen LogP contribution in [0.25, 0.3) is 0 Å². The molecule has 1 nitrogen and oxygen atoms in total. The van der Waals surface area contributed by atoms with Gasteiger partial charge in [-0.3, -0.25) is 0 Å². The normalized spacial score (nSPS) is 27.4. The van der Waals surface area contributed by atoms with Crippen LogP contribution < -0.4 is 0 Å². The molecule has 0 aromatic rings. The van der Waals surface area contributed by atoms with Crippen molar-refractivity contribution in [2.24, 2.45) is 11.3 Å². The highest BCUT2D eigenvalue weighted by Crippen LogP contribution is 2.41. The Bertz CT molecular complexity index is 294. The van der Waals surface area contributed by atoms with E-state index in [4.69, 9.17) is 0 Å². The van der Waals surface area contributed by atoms with Gasteiger partial charge < -0.3 is 4.90 Å². The van der Waals surface area contributed by atoms with Crippen molar-refractivity contribution in [3.63, 3.8) is 0 Å². The predicted octanol–water partition coefficient (Wildman–Crippen LogP) is 3.59. The number of rotatable bonds is 3. The second-order valence-electron chi connectivity index (χ2n) is 5.60. The number of nitrogens with zero attached hydrogens (tertiary/aromatic N) is 1. The maximum Gasteiger partial charge on any atom is 0.0541 e. The van der Waals surface area contributed by atoms with E-state index in [0.717, 1.165) is 5.92 Å². The maximum absolute atomic E-state index is 2.50. The highest BCUT2D eigenvalue weighted by Gasteiger charge is 2.43. The van der Waals surface area contributed by atoms with E-state index in [0.29, 0.717) is 11.5 Å². The summed E-state index contributed by atoms with van der Waals surface area (Å²) >= 11 is 0. The molecule has 1 atom stereocenters. The molecule has 0 aliphatic carbocycles. The van der Waals surface area contributed by atoms with Gasteiger partial charge in [0.25, 0.3) is 0 Å². The molecule has 1 heteroatoms. The third-order valence-electron chi connectivity index (χ3n) is 4.01. The molecule has 0 saturated carbocycles. The summed E-state index contributed by atoms with van der Waals surface area (Å²) in [5.41, 5.74) is 2.04. The van der Waals surface area contributed by atoms with Crippen LogP contribution in [0, 0.1) is 11.3 Å². The number of hydrogen-bond donors (Lipinski definition) is 0. The van der Waals surface area contributed by atoms with Crippen molar-refractivity contribution in [1.82, 2.24) is 4.90 Å². The average Bonchev–Trinajstić information content (AvgIpc) is 2.20. The van der Waals surface area contributed by atoms with Gasteiger partial charge in [0.2, 0.25) is 0 Å². The zero-order valence-electron chi connectivity index (χ0n) is 10.5. The van der Waals surface area contributed by atoms with Crippen LogP contribution in [0.4, 0.5) is 0 Å². The molecule has 2 aliphatic rings. The lowest BCUT2D eigenvalue weighted by atomic mass is 9.72. The molecule has 0 aromatic heterocycles. The van der Waals surface area contributed by atoms with Gasteiger partial charge in [0.05, 0.1) is 6.04 Å². The fraction of sp³-hybridized carbons (Fsp3) is 0.714. The molecule has 2 aliphatic heterocycles. The summed E-state index contributed by atoms with van der Waals surface area (Å²) in [6, 6.07) is 0.651. The van der Waals surface area contributed by atoms with Crippen molar-refractivity contribution in [2.45, 2.75) is 46.6 Å². The van der Waals surface area contributed by atoms with E-state index >= 15 is 0 Å². The van der Waals surface area contributed by atoms with Crippen LogP contribution in [0.15, 0.2) is 23.9 Å². The van der Waals surface area contributed by atoms with E-state index < -0.39 is 0 Å². The summed E-state index contributed by atoms with van der Waals surface area (Å²) in [7, 11) is 0. The van der Waals surface area contributed by atoms with E-state index in [1.165, 1.54) is 19.4 Å². The lowest BCUT2D eigenvalue weighted by Gasteiger charge is -2.54. The third kappa shape index (κ3) is 1.73. The molecule has 1 fully saturated rings. The molecule has 1 unspecified atom stereocenters. The SMILES string of the molecule is CCC(CC)C1=CC2N(C=C1)CC2(C)C. The second-order valence-corrected chi connectivity index (χ2v) is 5.60. The van der Waals surface area contributed by atoms with Crippen molar-refractivity contribution in [3.05, 3.63) is 23.9 Å². The molecular formula is C14H23N. The van der Waals surface area contributed by atoms with Crippen molar-refractivity contribution in [2.75, 3.05) is 6.54 Å². The molecule has 2 rings (SSSR count). The van der Waals surface area contributed by atoms with Gasteiger partial charge in [-0.2, -0.15) is 0 Å². The minimum Gasteiger partial charge on any atom is -0.370 e. The minimum absolute atomic E-state index is 0.474. The van der Waals surface area contributed by atoms with Gasteiger partial charge >= 0.3 is 0 Å². The standard InChI is InChI=1S/C14H23N/c1-5-11(6-2)12-7-8-15-10-14(3,4)13(15)9-12/h7-9,11,13H,5-6,10H2,1-4H3. The van der Waals surface area contributed by atoms with Crippen molar-refractivity contribution < 1.29 is 0 Å². The Kier molecular flexibility index (Phi) is 2.66. The largest absolute Gasteiger partial charge is 0.370 e. The summed E-state index contributed by atoms with van der Waals surface area (Å²) < 4.78 is 0. The first-order valence-corrected chi connectivity index (χ1v) is 6.24. The zero-order chi connectivity index (χ0) is 11.1. The Morgan fingerprint density at radius 2 is 2.07 bits per heavy atom. The van der Waals surface area contributed by atoms with Crippen LogP contribution in [0.1, 0.15) is 40.5 Å². The molecule has 84 valence electrons. The number of fused-ring (bicyclic) bond motifs is 1. The summed E-state index contributed by atoms with van der Waals surface area (Å²) in [6.07, 6.45) is 9.65.